The van der Waals surface area contributed by atoms with E-state index in [1.807, 2.05) is 0 Å². The average Bonchev–Trinajstić information content (AvgIpc) is 3.26. The largest absolute Gasteiger partial charge is 0.443 e. The summed E-state index contributed by atoms with van der Waals surface area (Å²) < 4.78 is 19.1. The summed E-state index contributed by atoms with van der Waals surface area (Å²) in [5.41, 5.74) is 0.256. The topological polar surface area (TPSA) is 63.7 Å². The van der Waals surface area contributed by atoms with Gasteiger partial charge in [-0.3, -0.25) is 14.4 Å². The number of imide groups is 1. The summed E-state index contributed by atoms with van der Waals surface area (Å²) in [6.07, 6.45) is 2.77. The Hall–Kier alpha value is -3.02. The monoisotopic (exact) mass is 367 g/mol. The molecule has 0 aromatic heterocycles. The fourth-order valence-corrected chi connectivity index (χ4v) is 3.99. The number of ether oxygens (including phenoxy) is 1. The zero-order valence-corrected chi connectivity index (χ0v) is 14.6. The fraction of sp³-hybridized carbons (Fsp3) is 0.286. The maximum absolute atomic E-state index is 13.7. The van der Waals surface area contributed by atoms with Gasteiger partial charge in [0.2, 0.25) is 0 Å². The van der Waals surface area contributed by atoms with Gasteiger partial charge in [-0.1, -0.05) is 37.1 Å². The van der Waals surface area contributed by atoms with Crippen molar-refractivity contribution in [1.29, 1.82) is 0 Å². The van der Waals surface area contributed by atoms with Crippen LogP contribution >= 0.6 is 0 Å². The molecule has 1 aliphatic heterocycles. The van der Waals surface area contributed by atoms with Gasteiger partial charge in [-0.25, -0.2) is 9.29 Å². The Kier molecular flexibility index (Phi) is 4.26. The molecular weight excluding hydrogens is 349 g/mol. The summed E-state index contributed by atoms with van der Waals surface area (Å²) in [5, 5.41) is 0. The van der Waals surface area contributed by atoms with E-state index in [1.54, 1.807) is 36.4 Å². The molecule has 138 valence electrons. The van der Waals surface area contributed by atoms with E-state index in [2.05, 4.69) is 0 Å². The van der Waals surface area contributed by atoms with Crippen molar-refractivity contribution in [3.8, 4) is 0 Å². The number of benzene rings is 2. The lowest BCUT2D eigenvalue weighted by molar-refractivity contribution is -0.153. The molecule has 0 radical (unpaired) electrons. The van der Waals surface area contributed by atoms with Crippen LogP contribution in [-0.4, -0.2) is 29.4 Å². The predicted octanol–water partition coefficient (Wildman–Crippen LogP) is 3.43. The molecule has 0 N–H and O–H groups in total. The molecule has 1 fully saturated rings. The highest BCUT2D eigenvalue weighted by Gasteiger charge is 2.45. The van der Waals surface area contributed by atoms with Gasteiger partial charge in [0.05, 0.1) is 16.5 Å². The zero-order valence-electron chi connectivity index (χ0n) is 14.6. The van der Waals surface area contributed by atoms with E-state index in [-0.39, 0.29) is 0 Å². The number of nitrogens with zero attached hydrogens (tertiary/aromatic N) is 1. The highest BCUT2D eigenvalue weighted by molar-refractivity contribution is 6.21. The van der Waals surface area contributed by atoms with Crippen molar-refractivity contribution in [2.75, 3.05) is 6.73 Å². The maximum Gasteiger partial charge on any atom is 0.318 e. The molecule has 1 heterocycles. The van der Waals surface area contributed by atoms with Crippen molar-refractivity contribution in [2.24, 2.45) is 0 Å². The molecule has 0 unspecified atom stereocenters. The van der Waals surface area contributed by atoms with Gasteiger partial charge in [0, 0.05) is 0 Å². The van der Waals surface area contributed by atoms with Crippen molar-refractivity contribution in [2.45, 2.75) is 31.1 Å². The number of fused-ring (bicyclic) bond motifs is 1. The number of carbonyl (C=O) groups is 3. The van der Waals surface area contributed by atoms with Crippen LogP contribution in [0.25, 0.3) is 0 Å². The summed E-state index contributed by atoms with van der Waals surface area (Å²) in [5.74, 6) is -1.89. The Labute approximate surface area is 155 Å². The van der Waals surface area contributed by atoms with Crippen LogP contribution in [0.2, 0.25) is 0 Å². The molecule has 27 heavy (non-hydrogen) atoms. The minimum Gasteiger partial charge on any atom is -0.443 e. The second kappa shape index (κ2) is 6.61. The number of amides is 2. The van der Waals surface area contributed by atoms with Crippen molar-refractivity contribution < 1.29 is 23.5 Å². The summed E-state index contributed by atoms with van der Waals surface area (Å²) >= 11 is 0. The summed E-state index contributed by atoms with van der Waals surface area (Å²) in [7, 11) is 0. The molecule has 6 heteroatoms. The van der Waals surface area contributed by atoms with E-state index < -0.39 is 35.7 Å². The molecule has 0 spiro atoms. The van der Waals surface area contributed by atoms with E-state index in [0.29, 0.717) is 29.5 Å². The smallest absolute Gasteiger partial charge is 0.318 e. The SMILES string of the molecule is O=C1c2ccccc2C(=O)N1COC(=O)C1(c2cccc(F)c2)CCCC1. The van der Waals surface area contributed by atoms with Crippen LogP contribution in [0, 0.1) is 5.82 Å². The lowest BCUT2D eigenvalue weighted by Gasteiger charge is -2.28. The Morgan fingerprint density at radius 1 is 1.00 bits per heavy atom. The molecule has 0 saturated heterocycles. The molecule has 2 aromatic rings. The van der Waals surface area contributed by atoms with E-state index in [9.17, 15) is 18.8 Å². The highest BCUT2D eigenvalue weighted by Crippen LogP contribution is 2.42. The fourth-order valence-electron chi connectivity index (χ4n) is 3.99. The Morgan fingerprint density at radius 2 is 1.63 bits per heavy atom. The standard InChI is InChI=1S/C21H18FNO4/c22-15-7-5-6-14(12-15)21(10-3-4-11-21)20(26)27-13-23-18(24)16-8-1-2-9-17(16)19(23)25/h1-2,5-9,12H,3-4,10-11,13H2. The summed E-state index contributed by atoms with van der Waals surface area (Å²) in [4.78, 5) is 38.7. The minimum atomic E-state index is -0.930. The van der Waals surface area contributed by atoms with Crippen molar-refractivity contribution in [3.05, 3.63) is 71.0 Å². The van der Waals surface area contributed by atoms with Gasteiger partial charge < -0.3 is 4.74 Å². The Morgan fingerprint density at radius 3 is 2.22 bits per heavy atom. The number of rotatable bonds is 4. The predicted molar refractivity (Wildman–Crippen MR) is 94.4 cm³/mol. The van der Waals surface area contributed by atoms with Gasteiger partial charge in [0.25, 0.3) is 11.8 Å². The number of hydrogen-bond acceptors (Lipinski definition) is 4. The first-order valence-corrected chi connectivity index (χ1v) is 8.91. The van der Waals surface area contributed by atoms with E-state index in [1.165, 1.54) is 12.1 Å². The second-order valence-electron chi connectivity index (χ2n) is 6.94. The molecule has 2 aromatic carbocycles. The maximum atomic E-state index is 13.7. The number of esters is 1. The third-order valence-electron chi connectivity index (χ3n) is 5.43. The van der Waals surface area contributed by atoms with E-state index >= 15 is 0 Å². The molecule has 4 rings (SSSR count). The zero-order chi connectivity index (χ0) is 19.0. The molecule has 1 saturated carbocycles. The van der Waals surface area contributed by atoms with Crippen LogP contribution in [0.5, 0.6) is 0 Å². The molecule has 0 atom stereocenters. The van der Waals surface area contributed by atoms with Crippen LogP contribution in [0.1, 0.15) is 52.0 Å². The van der Waals surface area contributed by atoms with Crippen molar-refractivity contribution in [3.63, 3.8) is 0 Å². The first-order chi connectivity index (χ1) is 13.0. The molecule has 2 amide bonds. The normalized spacial score (nSPS) is 17.9. The lowest BCUT2D eigenvalue weighted by Crippen LogP contribution is -2.39. The van der Waals surface area contributed by atoms with Gasteiger partial charge in [-0.2, -0.15) is 0 Å². The quantitative estimate of drug-likeness (QED) is 0.613. The first kappa shape index (κ1) is 17.4. The van der Waals surface area contributed by atoms with Crippen LogP contribution in [-0.2, 0) is 14.9 Å². The average molecular weight is 367 g/mol. The lowest BCUT2D eigenvalue weighted by atomic mass is 9.79. The molecule has 2 aliphatic rings. The van der Waals surface area contributed by atoms with Crippen LogP contribution in [0.15, 0.2) is 48.5 Å². The Bertz CT molecular complexity index is 898. The van der Waals surface area contributed by atoms with Gasteiger partial charge in [0.1, 0.15) is 5.82 Å². The van der Waals surface area contributed by atoms with E-state index in [4.69, 9.17) is 4.74 Å². The summed E-state index contributed by atoms with van der Waals surface area (Å²) in [6, 6.07) is 12.5. The third-order valence-corrected chi connectivity index (χ3v) is 5.43. The number of halogens is 1. The van der Waals surface area contributed by atoms with Gasteiger partial charge in [-0.05, 0) is 42.7 Å². The van der Waals surface area contributed by atoms with Crippen LogP contribution in [0.3, 0.4) is 0 Å². The molecule has 1 aliphatic carbocycles. The molecule has 0 bridgehead atoms. The minimum absolute atomic E-state index is 0.305. The Balaban J connectivity index is 1.54. The van der Waals surface area contributed by atoms with Crippen LogP contribution in [0.4, 0.5) is 4.39 Å². The highest BCUT2D eigenvalue weighted by atomic mass is 19.1. The van der Waals surface area contributed by atoms with Gasteiger partial charge >= 0.3 is 5.97 Å². The van der Waals surface area contributed by atoms with Gasteiger partial charge in [-0.15, -0.1) is 0 Å². The molecular formula is C21H18FNO4. The summed E-state index contributed by atoms with van der Waals surface area (Å²) in [6.45, 7) is -0.442. The van der Waals surface area contributed by atoms with Gasteiger partial charge in [0.15, 0.2) is 6.73 Å². The van der Waals surface area contributed by atoms with Crippen molar-refractivity contribution >= 4 is 17.8 Å². The van der Waals surface area contributed by atoms with Crippen LogP contribution < -0.4 is 0 Å². The van der Waals surface area contributed by atoms with E-state index in [0.717, 1.165) is 17.7 Å². The number of carbonyl (C=O) groups excluding carboxylic acids is 3. The molecule has 5 nitrogen and oxygen atoms in total. The second-order valence-corrected chi connectivity index (χ2v) is 6.94. The third kappa shape index (κ3) is 2.81. The first-order valence-electron chi connectivity index (χ1n) is 8.91. The van der Waals surface area contributed by atoms with Crippen molar-refractivity contribution in [1.82, 2.24) is 4.90 Å². The number of hydrogen-bond donors (Lipinski definition) is 0.